The monoisotopic (exact) mass is 334 g/mol. The molecular formula is C20H22N4O. The number of benzene rings is 2. The first-order chi connectivity index (χ1) is 12.2. The number of carbonyl (C=O) groups excluding carboxylic acids is 1. The van der Waals surface area contributed by atoms with E-state index in [4.69, 9.17) is 0 Å². The van der Waals surface area contributed by atoms with E-state index in [1.807, 2.05) is 23.1 Å². The van der Waals surface area contributed by atoms with E-state index < -0.39 is 0 Å². The summed E-state index contributed by atoms with van der Waals surface area (Å²) >= 11 is 0. The molecule has 0 spiro atoms. The molecule has 1 N–H and O–H groups in total. The molecule has 5 nitrogen and oxygen atoms in total. The molecule has 1 aromatic heterocycles. The minimum absolute atomic E-state index is 0.0958. The van der Waals surface area contributed by atoms with Gasteiger partial charge in [-0.05, 0) is 55.9 Å². The van der Waals surface area contributed by atoms with Gasteiger partial charge in [-0.1, -0.05) is 29.8 Å². The Kier molecular flexibility index (Phi) is 4.22. The summed E-state index contributed by atoms with van der Waals surface area (Å²) in [5.41, 5.74) is 4.85. The van der Waals surface area contributed by atoms with Crippen LogP contribution in [-0.4, -0.2) is 39.3 Å². The van der Waals surface area contributed by atoms with Crippen molar-refractivity contribution >= 4 is 16.9 Å². The van der Waals surface area contributed by atoms with Crippen molar-refractivity contribution in [3.05, 3.63) is 59.2 Å². The summed E-state index contributed by atoms with van der Waals surface area (Å²) in [4.78, 5) is 14.9. The van der Waals surface area contributed by atoms with Crippen molar-refractivity contribution in [1.29, 1.82) is 0 Å². The maximum absolute atomic E-state index is 12.9. The summed E-state index contributed by atoms with van der Waals surface area (Å²) in [6, 6.07) is 14.2. The summed E-state index contributed by atoms with van der Waals surface area (Å²) in [6.07, 6.45) is 3.28. The average Bonchev–Trinajstić information content (AvgIpc) is 3.11. The van der Waals surface area contributed by atoms with Crippen molar-refractivity contribution in [2.75, 3.05) is 13.1 Å². The van der Waals surface area contributed by atoms with Gasteiger partial charge < -0.3 is 4.90 Å². The maximum Gasteiger partial charge on any atom is 0.253 e. The van der Waals surface area contributed by atoms with E-state index in [1.165, 1.54) is 17.5 Å². The Hall–Kier alpha value is -2.69. The molecule has 2 aromatic carbocycles. The molecule has 25 heavy (non-hydrogen) atoms. The van der Waals surface area contributed by atoms with Crippen LogP contribution in [0.2, 0.25) is 0 Å². The van der Waals surface area contributed by atoms with Crippen molar-refractivity contribution in [2.24, 2.45) is 5.92 Å². The Labute approximate surface area is 147 Å². The van der Waals surface area contributed by atoms with Gasteiger partial charge in [-0.25, -0.2) is 0 Å². The van der Waals surface area contributed by atoms with Crippen LogP contribution in [-0.2, 0) is 6.42 Å². The lowest BCUT2D eigenvalue weighted by Crippen LogP contribution is -2.40. The smallest absolute Gasteiger partial charge is 0.253 e. The summed E-state index contributed by atoms with van der Waals surface area (Å²) in [6.45, 7) is 3.76. The number of amides is 1. The van der Waals surface area contributed by atoms with Crippen LogP contribution in [0.5, 0.6) is 0 Å². The third kappa shape index (κ3) is 3.40. The number of aryl methyl sites for hydroxylation is 1. The molecule has 1 atom stereocenters. The molecule has 1 aliphatic rings. The molecule has 4 rings (SSSR count). The van der Waals surface area contributed by atoms with Crippen LogP contribution in [0.4, 0.5) is 0 Å². The number of likely N-dealkylation sites (tertiary alicyclic amines) is 1. The van der Waals surface area contributed by atoms with E-state index >= 15 is 0 Å². The molecule has 128 valence electrons. The first-order valence-electron chi connectivity index (χ1n) is 8.84. The Balaban J connectivity index is 1.46. The molecular weight excluding hydrogens is 312 g/mol. The average molecular weight is 334 g/mol. The molecule has 2 heterocycles. The van der Waals surface area contributed by atoms with E-state index in [1.54, 1.807) is 0 Å². The number of fused-ring (bicyclic) bond motifs is 1. The number of aromatic amines is 1. The fourth-order valence-corrected chi connectivity index (χ4v) is 3.63. The number of H-pyrrole nitrogens is 1. The van der Waals surface area contributed by atoms with E-state index in [2.05, 4.69) is 46.6 Å². The van der Waals surface area contributed by atoms with Crippen LogP contribution in [0.25, 0.3) is 11.0 Å². The zero-order valence-corrected chi connectivity index (χ0v) is 14.4. The van der Waals surface area contributed by atoms with Crippen LogP contribution in [0.3, 0.4) is 0 Å². The van der Waals surface area contributed by atoms with Gasteiger partial charge in [0.05, 0.1) is 0 Å². The van der Waals surface area contributed by atoms with Gasteiger partial charge in [-0.15, -0.1) is 0 Å². The first-order valence-corrected chi connectivity index (χ1v) is 8.84. The second kappa shape index (κ2) is 6.67. The van der Waals surface area contributed by atoms with Crippen molar-refractivity contribution in [1.82, 2.24) is 20.3 Å². The Morgan fingerprint density at radius 1 is 1.16 bits per heavy atom. The molecule has 1 amide bonds. The lowest BCUT2D eigenvalue weighted by molar-refractivity contribution is 0.0673. The van der Waals surface area contributed by atoms with Crippen molar-refractivity contribution < 1.29 is 4.79 Å². The topological polar surface area (TPSA) is 61.9 Å². The number of piperidine rings is 1. The van der Waals surface area contributed by atoms with Gasteiger partial charge in [-0.2, -0.15) is 15.4 Å². The molecule has 0 aliphatic carbocycles. The fraction of sp³-hybridized carbons (Fsp3) is 0.350. The number of hydrogen-bond donors (Lipinski definition) is 1. The molecule has 5 heteroatoms. The van der Waals surface area contributed by atoms with E-state index in [9.17, 15) is 4.79 Å². The SMILES string of the molecule is Cc1ccc(C[C@@H]2CCCN(C(=O)c3ccc4n[nH]nc4c3)C2)cc1. The van der Waals surface area contributed by atoms with Gasteiger partial charge in [0.2, 0.25) is 0 Å². The lowest BCUT2D eigenvalue weighted by Gasteiger charge is -2.33. The summed E-state index contributed by atoms with van der Waals surface area (Å²) in [5, 5.41) is 10.7. The van der Waals surface area contributed by atoms with Gasteiger partial charge in [0.15, 0.2) is 0 Å². The van der Waals surface area contributed by atoms with E-state index in [-0.39, 0.29) is 5.91 Å². The summed E-state index contributed by atoms with van der Waals surface area (Å²) in [5.74, 6) is 0.620. The highest BCUT2D eigenvalue weighted by atomic mass is 16.2. The number of hydrogen-bond acceptors (Lipinski definition) is 3. The Morgan fingerprint density at radius 2 is 1.96 bits per heavy atom. The van der Waals surface area contributed by atoms with E-state index in [0.717, 1.165) is 37.0 Å². The summed E-state index contributed by atoms with van der Waals surface area (Å²) in [7, 11) is 0. The normalized spacial score (nSPS) is 17.8. The maximum atomic E-state index is 12.9. The van der Waals surface area contributed by atoms with Gasteiger partial charge in [0.25, 0.3) is 5.91 Å². The van der Waals surface area contributed by atoms with Crippen LogP contribution in [0, 0.1) is 12.8 Å². The standard InChI is InChI=1S/C20H22N4O/c1-14-4-6-15(7-5-14)11-16-3-2-10-24(13-16)20(25)17-8-9-18-19(12-17)22-23-21-18/h4-9,12,16H,2-3,10-11,13H2,1H3,(H,21,22,23)/t16-/m0/s1. The molecule has 0 bridgehead atoms. The number of nitrogens with zero attached hydrogens (tertiary/aromatic N) is 3. The predicted molar refractivity (Wildman–Crippen MR) is 97.4 cm³/mol. The third-order valence-corrected chi connectivity index (χ3v) is 5.01. The van der Waals surface area contributed by atoms with Gasteiger partial charge in [0.1, 0.15) is 11.0 Å². The number of carbonyl (C=O) groups is 1. The second-order valence-corrected chi connectivity index (χ2v) is 6.98. The van der Waals surface area contributed by atoms with Crippen LogP contribution >= 0.6 is 0 Å². The molecule has 1 saturated heterocycles. The molecule has 0 radical (unpaired) electrons. The third-order valence-electron chi connectivity index (χ3n) is 5.01. The van der Waals surface area contributed by atoms with Crippen LogP contribution in [0.1, 0.15) is 34.3 Å². The molecule has 0 saturated carbocycles. The number of nitrogens with one attached hydrogen (secondary N) is 1. The molecule has 1 aliphatic heterocycles. The van der Waals surface area contributed by atoms with Crippen molar-refractivity contribution in [3.63, 3.8) is 0 Å². The highest BCUT2D eigenvalue weighted by Gasteiger charge is 2.25. The molecule has 3 aromatic rings. The molecule has 0 unspecified atom stereocenters. The minimum atomic E-state index is 0.0958. The number of rotatable bonds is 3. The Morgan fingerprint density at radius 3 is 2.80 bits per heavy atom. The first kappa shape index (κ1) is 15.8. The second-order valence-electron chi connectivity index (χ2n) is 6.98. The van der Waals surface area contributed by atoms with Gasteiger partial charge in [0, 0.05) is 18.7 Å². The summed E-state index contributed by atoms with van der Waals surface area (Å²) < 4.78 is 0. The zero-order chi connectivity index (χ0) is 17.2. The van der Waals surface area contributed by atoms with Crippen LogP contribution < -0.4 is 0 Å². The van der Waals surface area contributed by atoms with Gasteiger partial charge in [-0.3, -0.25) is 4.79 Å². The van der Waals surface area contributed by atoms with E-state index in [0.29, 0.717) is 11.5 Å². The fourth-order valence-electron chi connectivity index (χ4n) is 3.63. The number of aromatic nitrogens is 3. The van der Waals surface area contributed by atoms with Crippen molar-refractivity contribution in [2.45, 2.75) is 26.2 Å². The lowest BCUT2D eigenvalue weighted by atomic mass is 9.90. The quantitative estimate of drug-likeness (QED) is 0.799. The highest BCUT2D eigenvalue weighted by Crippen LogP contribution is 2.23. The molecule has 1 fully saturated rings. The highest BCUT2D eigenvalue weighted by molar-refractivity contribution is 5.97. The zero-order valence-electron chi connectivity index (χ0n) is 14.4. The van der Waals surface area contributed by atoms with Crippen molar-refractivity contribution in [3.8, 4) is 0 Å². The Bertz CT molecular complexity index is 884. The van der Waals surface area contributed by atoms with Gasteiger partial charge >= 0.3 is 0 Å². The largest absolute Gasteiger partial charge is 0.338 e. The predicted octanol–water partition coefficient (Wildman–Crippen LogP) is 3.36. The van der Waals surface area contributed by atoms with Crippen LogP contribution in [0.15, 0.2) is 42.5 Å². The minimum Gasteiger partial charge on any atom is -0.338 e.